The van der Waals surface area contributed by atoms with Crippen LogP contribution in [0.25, 0.3) is 11.1 Å². The van der Waals surface area contributed by atoms with Gasteiger partial charge in [-0.1, -0.05) is 61.9 Å². The number of halogens is 1. The Labute approximate surface area is 176 Å². The van der Waals surface area contributed by atoms with Crippen molar-refractivity contribution in [3.8, 4) is 11.1 Å². The Morgan fingerprint density at radius 3 is 2.38 bits per heavy atom. The molecule has 156 valence electrons. The zero-order chi connectivity index (χ0) is 20.5. The summed E-state index contributed by atoms with van der Waals surface area (Å²) in [6.45, 7) is 5.11. The fourth-order valence-corrected chi connectivity index (χ4v) is 4.24. The SMILES string of the molecule is C/C=C/CCc1ccc(-c2ccc(C3CCC(OCCCC)CC3)cc2)cc1F. The Kier molecular flexibility index (Phi) is 8.49. The molecule has 0 radical (unpaired) electrons. The molecule has 1 saturated carbocycles. The Morgan fingerprint density at radius 2 is 1.72 bits per heavy atom. The van der Waals surface area contributed by atoms with Gasteiger partial charge in [-0.05, 0) is 86.1 Å². The molecule has 0 unspecified atom stereocenters. The molecule has 1 fully saturated rings. The van der Waals surface area contributed by atoms with Crippen LogP contribution in [0.3, 0.4) is 0 Å². The minimum Gasteiger partial charge on any atom is -0.378 e. The third-order valence-corrected chi connectivity index (χ3v) is 6.11. The van der Waals surface area contributed by atoms with E-state index in [0.717, 1.165) is 49.0 Å². The summed E-state index contributed by atoms with van der Waals surface area (Å²) in [5, 5.41) is 0. The van der Waals surface area contributed by atoms with E-state index in [1.165, 1.54) is 31.2 Å². The van der Waals surface area contributed by atoms with Crippen LogP contribution in [-0.4, -0.2) is 12.7 Å². The topological polar surface area (TPSA) is 9.23 Å². The Morgan fingerprint density at radius 1 is 1.00 bits per heavy atom. The van der Waals surface area contributed by atoms with E-state index in [-0.39, 0.29) is 5.82 Å². The van der Waals surface area contributed by atoms with Gasteiger partial charge in [-0.15, -0.1) is 0 Å². The van der Waals surface area contributed by atoms with Crippen molar-refractivity contribution < 1.29 is 9.13 Å². The third-order valence-electron chi connectivity index (χ3n) is 6.11. The van der Waals surface area contributed by atoms with Crippen molar-refractivity contribution in [1.82, 2.24) is 0 Å². The first-order valence-electron chi connectivity index (χ1n) is 11.3. The van der Waals surface area contributed by atoms with E-state index in [1.807, 2.05) is 25.1 Å². The summed E-state index contributed by atoms with van der Waals surface area (Å²) in [6, 6.07) is 14.4. The first-order chi connectivity index (χ1) is 14.2. The van der Waals surface area contributed by atoms with Gasteiger partial charge in [-0.3, -0.25) is 0 Å². The van der Waals surface area contributed by atoms with Crippen LogP contribution in [0.15, 0.2) is 54.6 Å². The maximum atomic E-state index is 14.4. The van der Waals surface area contributed by atoms with E-state index in [1.54, 1.807) is 6.07 Å². The molecule has 1 nitrogen and oxygen atoms in total. The first-order valence-corrected chi connectivity index (χ1v) is 11.3. The predicted molar refractivity (Wildman–Crippen MR) is 121 cm³/mol. The number of ether oxygens (including phenoxy) is 1. The molecule has 29 heavy (non-hydrogen) atoms. The van der Waals surface area contributed by atoms with Crippen molar-refractivity contribution in [2.24, 2.45) is 0 Å². The van der Waals surface area contributed by atoms with Gasteiger partial charge in [0.2, 0.25) is 0 Å². The number of allylic oxidation sites excluding steroid dienone is 2. The molecule has 2 aromatic carbocycles. The normalized spacial score (nSPS) is 19.7. The highest BCUT2D eigenvalue weighted by molar-refractivity contribution is 5.64. The minimum atomic E-state index is -0.0996. The van der Waals surface area contributed by atoms with Crippen molar-refractivity contribution >= 4 is 0 Å². The standard InChI is InChI=1S/C27H35FO/c1-3-5-7-8-24-13-14-25(20-27(24)28)23-11-9-21(10-12-23)22-15-17-26(18-16-22)29-19-6-4-2/h3,5,9-14,20,22,26H,4,6-8,15-19H2,1-2H3/b5-3+. The molecule has 1 aliphatic carbocycles. The van der Waals surface area contributed by atoms with Gasteiger partial charge in [0.1, 0.15) is 5.82 Å². The lowest BCUT2D eigenvalue weighted by molar-refractivity contribution is 0.0232. The van der Waals surface area contributed by atoms with E-state index in [2.05, 4.69) is 37.3 Å². The van der Waals surface area contributed by atoms with Gasteiger partial charge in [-0.25, -0.2) is 4.39 Å². The molecule has 3 rings (SSSR count). The average Bonchev–Trinajstić information content (AvgIpc) is 2.76. The summed E-state index contributed by atoms with van der Waals surface area (Å²) >= 11 is 0. The van der Waals surface area contributed by atoms with Crippen molar-refractivity contribution in [3.05, 3.63) is 71.6 Å². The van der Waals surface area contributed by atoms with Gasteiger partial charge < -0.3 is 4.74 Å². The molecule has 0 atom stereocenters. The van der Waals surface area contributed by atoms with Crippen LogP contribution in [0, 0.1) is 5.82 Å². The number of rotatable bonds is 9. The van der Waals surface area contributed by atoms with Crippen molar-refractivity contribution in [2.75, 3.05) is 6.61 Å². The van der Waals surface area contributed by atoms with E-state index in [4.69, 9.17) is 4.74 Å². The monoisotopic (exact) mass is 394 g/mol. The van der Waals surface area contributed by atoms with Crippen LogP contribution in [0.4, 0.5) is 4.39 Å². The highest BCUT2D eigenvalue weighted by atomic mass is 19.1. The van der Waals surface area contributed by atoms with E-state index in [0.29, 0.717) is 12.0 Å². The highest BCUT2D eigenvalue weighted by Crippen LogP contribution is 2.35. The minimum absolute atomic E-state index is 0.0996. The molecule has 2 aromatic rings. The highest BCUT2D eigenvalue weighted by Gasteiger charge is 2.22. The zero-order valence-electron chi connectivity index (χ0n) is 18.0. The first kappa shape index (κ1) is 21.8. The lowest BCUT2D eigenvalue weighted by Gasteiger charge is -2.29. The summed E-state index contributed by atoms with van der Waals surface area (Å²) in [5.41, 5.74) is 4.24. The summed E-state index contributed by atoms with van der Waals surface area (Å²) in [5.74, 6) is 0.526. The van der Waals surface area contributed by atoms with Gasteiger partial charge >= 0.3 is 0 Å². The van der Waals surface area contributed by atoms with E-state index in [9.17, 15) is 4.39 Å². The largest absolute Gasteiger partial charge is 0.378 e. The van der Waals surface area contributed by atoms with Crippen molar-refractivity contribution in [3.63, 3.8) is 0 Å². The Hall–Kier alpha value is -1.93. The van der Waals surface area contributed by atoms with Gasteiger partial charge in [0.25, 0.3) is 0 Å². The molecule has 0 amide bonds. The predicted octanol–water partition coefficient (Wildman–Crippen LogP) is 7.84. The second-order valence-electron chi connectivity index (χ2n) is 8.23. The molecule has 0 N–H and O–H groups in total. The lowest BCUT2D eigenvalue weighted by atomic mass is 9.82. The molecule has 1 aliphatic rings. The fourth-order valence-electron chi connectivity index (χ4n) is 4.24. The maximum absolute atomic E-state index is 14.4. The molecule has 0 aromatic heterocycles. The summed E-state index contributed by atoms with van der Waals surface area (Å²) in [7, 11) is 0. The summed E-state index contributed by atoms with van der Waals surface area (Å²) in [6.07, 6.45) is 13.3. The van der Waals surface area contributed by atoms with Crippen LogP contribution >= 0.6 is 0 Å². The molecular formula is C27H35FO. The molecule has 0 saturated heterocycles. The molecule has 0 bridgehead atoms. The average molecular weight is 395 g/mol. The van der Waals surface area contributed by atoms with Crippen LogP contribution < -0.4 is 0 Å². The number of hydrogen-bond acceptors (Lipinski definition) is 1. The quantitative estimate of drug-likeness (QED) is 0.311. The maximum Gasteiger partial charge on any atom is 0.127 e. The number of hydrogen-bond donors (Lipinski definition) is 0. The number of benzene rings is 2. The summed E-state index contributed by atoms with van der Waals surface area (Å²) in [4.78, 5) is 0. The van der Waals surface area contributed by atoms with Crippen LogP contribution in [0.5, 0.6) is 0 Å². The second kappa shape index (κ2) is 11.3. The Bertz CT molecular complexity index is 770. The van der Waals surface area contributed by atoms with Crippen LogP contribution in [0.1, 0.15) is 75.8 Å². The van der Waals surface area contributed by atoms with E-state index >= 15 is 0 Å². The van der Waals surface area contributed by atoms with Gasteiger partial charge in [0.05, 0.1) is 6.10 Å². The van der Waals surface area contributed by atoms with Crippen molar-refractivity contribution in [2.45, 2.75) is 77.2 Å². The van der Waals surface area contributed by atoms with Crippen LogP contribution in [0.2, 0.25) is 0 Å². The fraction of sp³-hybridized carbons (Fsp3) is 0.481. The molecule has 0 spiro atoms. The van der Waals surface area contributed by atoms with Gasteiger partial charge in [0.15, 0.2) is 0 Å². The van der Waals surface area contributed by atoms with Gasteiger partial charge in [-0.2, -0.15) is 0 Å². The molecular weight excluding hydrogens is 359 g/mol. The summed E-state index contributed by atoms with van der Waals surface area (Å²) < 4.78 is 20.4. The molecule has 0 heterocycles. The lowest BCUT2D eigenvalue weighted by Crippen LogP contribution is -2.21. The molecule has 2 heteroatoms. The smallest absolute Gasteiger partial charge is 0.127 e. The third kappa shape index (κ3) is 6.27. The van der Waals surface area contributed by atoms with Crippen molar-refractivity contribution in [1.29, 1.82) is 0 Å². The number of aryl methyl sites for hydroxylation is 1. The van der Waals surface area contributed by atoms with Crippen LogP contribution in [-0.2, 0) is 11.2 Å². The number of unbranched alkanes of at least 4 members (excludes halogenated alkanes) is 1. The zero-order valence-corrected chi connectivity index (χ0v) is 18.0. The second-order valence-corrected chi connectivity index (χ2v) is 8.23. The van der Waals surface area contributed by atoms with E-state index < -0.39 is 0 Å². The molecule has 0 aliphatic heterocycles. The van der Waals surface area contributed by atoms with Gasteiger partial charge in [0, 0.05) is 6.61 Å². The Balaban J connectivity index is 1.57.